The number of nitro groups is 1. The van der Waals surface area contributed by atoms with Crippen LogP contribution < -0.4 is 14.4 Å². The Balaban J connectivity index is 1.53. The van der Waals surface area contributed by atoms with Crippen LogP contribution in [0.3, 0.4) is 0 Å². The van der Waals surface area contributed by atoms with Gasteiger partial charge >= 0.3 is 0 Å². The zero-order valence-corrected chi connectivity index (χ0v) is 22.3. The van der Waals surface area contributed by atoms with E-state index in [-0.39, 0.29) is 24.8 Å². The number of nitro benzene ring substituents is 1. The van der Waals surface area contributed by atoms with Crippen LogP contribution in [0, 0.1) is 17.0 Å². The lowest BCUT2D eigenvalue weighted by atomic mass is 10.0. The molecular weight excluding hydrogens is 508 g/mol. The van der Waals surface area contributed by atoms with Gasteiger partial charge in [-0.2, -0.15) is 0 Å². The molecule has 0 atom stereocenters. The number of para-hydroxylation sites is 1. The predicted octanol–water partition coefficient (Wildman–Crippen LogP) is 6.89. The molecule has 1 aliphatic rings. The van der Waals surface area contributed by atoms with Gasteiger partial charge in [-0.1, -0.05) is 68.2 Å². The van der Waals surface area contributed by atoms with Crippen LogP contribution in [-0.2, 0) is 4.79 Å². The van der Waals surface area contributed by atoms with Crippen LogP contribution in [0.1, 0.15) is 36.5 Å². The minimum Gasteiger partial charge on any atom is -0.490 e. The Morgan fingerprint density at radius 2 is 1.73 bits per heavy atom. The number of carbonyl (C=O) groups excluding carboxylic acids is 1. The molecule has 7 nitrogen and oxygen atoms in total. The predicted molar refractivity (Wildman–Crippen MR) is 151 cm³/mol. The monoisotopic (exact) mass is 534 g/mol. The zero-order valence-electron chi connectivity index (χ0n) is 20.7. The quantitative estimate of drug-likeness (QED) is 0.0972. The highest BCUT2D eigenvalue weighted by atomic mass is 32.2. The van der Waals surface area contributed by atoms with Gasteiger partial charge < -0.3 is 9.47 Å². The normalized spacial score (nSPS) is 14.5. The first-order valence-electron chi connectivity index (χ1n) is 11.7. The maximum Gasteiger partial charge on any atom is 0.270 e. The summed E-state index contributed by atoms with van der Waals surface area (Å²) in [6, 6.07) is 19.5. The molecule has 9 heteroatoms. The number of non-ortho nitro benzene ring substituents is 1. The Labute approximate surface area is 225 Å². The van der Waals surface area contributed by atoms with Crippen molar-refractivity contribution in [1.82, 2.24) is 0 Å². The van der Waals surface area contributed by atoms with Crippen LogP contribution in [0.4, 0.5) is 11.4 Å². The Hall–Kier alpha value is -3.69. The summed E-state index contributed by atoms with van der Waals surface area (Å²) in [4.78, 5) is 25.9. The summed E-state index contributed by atoms with van der Waals surface area (Å²) in [6.45, 7) is 6.73. The van der Waals surface area contributed by atoms with Gasteiger partial charge in [-0.15, -0.1) is 0 Å². The molecule has 1 fully saturated rings. The van der Waals surface area contributed by atoms with Gasteiger partial charge in [0.2, 0.25) is 0 Å². The summed E-state index contributed by atoms with van der Waals surface area (Å²) in [5.74, 6) is 1.25. The molecule has 37 heavy (non-hydrogen) atoms. The molecule has 0 unspecified atom stereocenters. The van der Waals surface area contributed by atoms with Crippen molar-refractivity contribution in [3.63, 3.8) is 0 Å². The average molecular weight is 535 g/mol. The summed E-state index contributed by atoms with van der Waals surface area (Å²) >= 11 is 6.58. The number of carbonyl (C=O) groups is 1. The maximum absolute atomic E-state index is 13.1. The van der Waals surface area contributed by atoms with E-state index in [0.717, 1.165) is 28.6 Å². The molecule has 0 aliphatic carbocycles. The highest BCUT2D eigenvalue weighted by Gasteiger charge is 2.33. The molecule has 0 bridgehead atoms. The van der Waals surface area contributed by atoms with E-state index in [4.69, 9.17) is 21.7 Å². The Bertz CT molecular complexity index is 1370. The molecule has 3 aromatic rings. The van der Waals surface area contributed by atoms with E-state index in [2.05, 4.69) is 26.0 Å². The maximum atomic E-state index is 13.1. The first-order chi connectivity index (χ1) is 17.7. The molecule has 1 saturated heterocycles. The summed E-state index contributed by atoms with van der Waals surface area (Å²) in [6.07, 6.45) is 1.59. The van der Waals surface area contributed by atoms with Crippen LogP contribution in [-0.4, -0.2) is 28.4 Å². The number of thiocarbonyl (C=S) groups is 1. The first-order valence-corrected chi connectivity index (χ1v) is 12.9. The van der Waals surface area contributed by atoms with Gasteiger partial charge in [0.05, 0.1) is 15.5 Å². The number of thioether (sulfide) groups is 1. The fraction of sp³-hybridized carbons (Fsp3) is 0.214. The lowest BCUT2D eigenvalue weighted by molar-refractivity contribution is -0.384. The number of amides is 1. The van der Waals surface area contributed by atoms with E-state index in [0.29, 0.717) is 32.1 Å². The molecule has 4 rings (SSSR count). The smallest absolute Gasteiger partial charge is 0.270 e. The largest absolute Gasteiger partial charge is 0.490 e. The van der Waals surface area contributed by atoms with Gasteiger partial charge in [-0.3, -0.25) is 19.8 Å². The van der Waals surface area contributed by atoms with Crippen molar-refractivity contribution >= 4 is 51.7 Å². The summed E-state index contributed by atoms with van der Waals surface area (Å²) in [5.41, 5.74) is 3.20. The lowest BCUT2D eigenvalue weighted by Gasteiger charge is -2.16. The Morgan fingerprint density at radius 3 is 2.41 bits per heavy atom. The van der Waals surface area contributed by atoms with Crippen molar-refractivity contribution in [1.29, 1.82) is 0 Å². The van der Waals surface area contributed by atoms with Crippen LogP contribution in [0.5, 0.6) is 11.5 Å². The molecule has 0 N–H and O–H groups in total. The fourth-order valence-electron chi connectivity index (χ4n) is 3.85. The number of rotatable bonds is 9. The molecular formula is C28H26N2O5S2. The lowest BCUT2D eigenvalue weighted by Crippen LogP contribution is -2.27. The van der Waals surface area contributed by atoms with Crippen LogP contribution in [0.15, 0.2) is 71.6 Å². The number of hydrogen-bond acceptors (Lipinski definition) is 7. The van der Waals surface area contributed by atoms with Gasteiger partial charge in [-0.25, -0.2) is 0 Å². The number of benzene rings is 3. The number of ether oxygens (including phenoxy) is 2. The topological polar surface area (TPSA) is 81.9 Å². The SMILES string of the molecule is Cc1ccc(C(C)C)c(OCCOc2ccc([N+](=O)[O-])cc2C=C2SC(=S)N(c3ccccc3)C2=O)c1. The first kappa shape index (κ1) is 26.4. The Kier molecular flexibility index (Phi) is 8.25. The summed E-state index contributed by atoms with van der Waals surface area (Å²) < 4.78 is 12.3. The van der Waals surface area contributed by atoms with E-state index in [9.17, 15) is 14.9 Å². The van der Waals surface area contributed by atoms with Crippen LogP contribution >= 0.6 is 24.0 Å². The van der Waals surface area contributed by atoms with E-state index >= 15 is 0 Å². The molecule has 3 aromatic carbocycles. The highest BCUT2D eigenvalue weighted by Crippen LogP contribution is 2.38. The van der Waals surface area contributed by atoms with E-state index < -0.39 is 4.92 Å². The van der Waals surface area contributed by atoms with Gasteiger partial charge in [0.25, 0.3) is 11.6 Å². The number of aryl methyl sites for hydroxylation is 1. The fourth-order valence-corrected chi connectivity index (χ4v) is 5.14. The van der Waals surface area contributed by atoms with Crippen molar-refractivity contribution < 1.29 is 19.2 Å². The number of nitrogens with zero attached hydrogens (tertiary/aromatic N) is 2. The van der Waals surface area contributed by atoms with Crippen molar-refractivity contribution in [3.8, 4) is 11.5 Å². The standard InChI is InChI=1S/C28H26N2O5S2/c1-18(2)23-11-9-19(3)15-25(23)35-14-13-34-24-12-10-22(30(32)33)16-20(24)17-26-27(31)29(28(36)37-26)21-7-5-4-6-8-21/h4-12,15-18H,13-14H2,1-3H3. The summed E-state index contributed by atoms with van der Waals surface area (Å²) in [7, 11) is 0. The molecule has 1 heterocycles. The van der Waals surface area contributed by atoms with E-state index in [1.165, 1.54) is 23.1 Å². The molecule has 0 saturated carbocycles. The van der Waals surface area contributed by atoms with Gasteiger partial charge in [-0.05, 0) is 54.3 Å². The molecule has 1 amide bonds. The van der Waals surface area contributed by atoms with Gasteiger partial charge in [0, 0.05) is 17.7 Å². The number of hydrogen-bond donors (Lipinski definition) is 0. The highest BCUT2D eigenvalue weighted by molar-refractivity contribution is 8.27. The van der Waals surface area contributed by atoms with Crippen molar-refractivity contribution in [2.24, 2.45) is 0 Å². The van der Waals surface area contributed by atoms with E-state index in [1.807, 2.05) is 31.2 Å². The van der Waals surface area contributed by atoms with Crippen LogP contribution in [0.2, 0.25) is 0 Å². The third kappa shape index (κ3) is 6.18. The third-order valence-corrected chi connectivity index (χ3v) is 6.99. The average Bonchev–Trinajstić information content (AvgIpc) is 3.15. The van der Waals surface area contributed by atoms with Crippen molar-refractivity contribution in [3.05, 3.63) is 98.4 Å². The zero-order chi connectivity index (χ0) is 26.5. The molecule has 0 radical (unpaired) electrons. The van der Waals surface area contributed by atoms with Gasteiger partial charge in [0.1, 0.15) is 24.7 Å². The Morgan fingerprint density at radius 1 is 1.03 bits per heavy atom. The third-order valence-electron chi connectivity index (χ3n) is 5.69. The molecule has 1 aliphatic heterocycles. The minimum absolute atomic E-state index is 0.102. The van der Waals surface area contributed by atoms with Crippen molar-refractivity contribution in [2.45, 2.75) is 26.7 Å². The minimum atomic E-state index is -0.482. The second-order valence-electron chi connectivity index (χ2n) is 8.72. The van der Waals surface area contributed by atoms with E-state index in [1.54, 1.807) is 18.2 Å². The number of anilines is 1. The second-order valence-corrected chi connectivity index (χ2v) is 10.4. The van der Waals surface area contributed by atoms with Crippen LogP contribution in [0.25, 0.3) is 6.08 Å². The van der Waals surface area contributed by atoms with Crippen molar-refractivity contribution in [2.75, 3.05) is 18.1 Å². The second kappa shape index (κ2) is 11.6. The van der Waals surface area contributed by atoms with Gasteiger partial charge in [0.15, 0.2) is 4.32 Å². The molecule has 0 spiro atoms. The molecule has 0 aromatic heterocycles. The summed E-state index contributed by atoms with van der Waals surface area (Å²) in [5, 5.41) is 11.4. The molecule has 190 valence electrons.